The number of amides is 2. The van der Waals surface area contributed by atoms with Crippen LogP contribution in [0.15, 0.2) is 24.3 Å². The third-order valence-electron chi connectivity index (χ3n) is 3.41. The number of carbonyl (C=O) groups excluding carboxylic acids is 2. The van der Waals surface area contributed by atoms with Gasteiger partial charge in [0.05, 0.1) is 11.1 Å². The lowest BCUT2D eigenvalue weighted by atomic mass is 10.1. The molecule has 24 heavy (non-hydrogen) atoms. The molecule has 0 saturated heterocycles. The highest BCUT2D eigenvalue weighted by Gasteiger charge is 2.18. The lowest BCUT2D eigenvalue weighted by Gasteiger charge is -2.10. The van der Waals surface area contributed by atoms with E-state index < -0.39 is 11.9 Å². The predicted octanol–water partition coefficient (Wildman–Crippen LogP) is 3.66. The summed E-state index contributed by atoms with van der Waals surface area (Å²) in [6.07, 6.45) is 0.317. The Bertz CT molecular complexity index is 811. The van der Waals surface area contributed by atoms with Gasteiger partial charge in [-0.3, -0.25) is 9.59 Å². The molecule has 2 rings (SSSR count). The topological polar surface area (TPSA) is 95.5 Å². The van der Waals surface area contributed by atoms with Crippen molar-refractivity contribution in [1.29, 1.82) is 0 Å². The van der Waals surface area contributed by atoms with Crippen LogP contribution in [0.2, 0.25) is 0 Å². The Balaban J connectivity index is 2.29. The summed E-state index contributed by atoms with van der Waals surface area (Å²) < 4.78 is 0. The van der Waals surface area contributed by atoms with Gasteiger partial charge < -0.3 is 15.7 Å². The fraction of sp³-hybridized carbons (Fsp3) is 0.235. The molecule has 0 fully saturated rings. The zero-order valence-corrected chi connectivity index (χ0v) is 14.4. The molecule has 0 unspecified atom stereocenters. The van der Waals surface area contributed by atoms with Crippen molar-refractivity contribution in [3.05, 3.63) is 45.8 Å². The van der Waals surface area contributed by atoms with Crippen molar-refractivity contribution in [3.8, 4) is 0 Å². The van der Waals surface area contributed by atoms with Gasteiger partial charge in [-0.25, -0.2) is 4.79 Å². The molecule has 0 aliphatic carbocycles. The van der Waals surface area contributed by atoms with Gasteiger partial charge in [-0.2, -0.15) is 0 Å². The van der Waals surface area contributed by atoms with Crippen LogP contribution in [0.3, 0.4) is 0 Å². The standard InChI is InChI=1S/C17H18N2O4S/c1-4-14(20)19-16-12(7-10(3)24-16)15(21)18-13-8-11(17(22)23)6-5-9(13)2/h5-8H,4H2,1-3H3,(H,18,21)(H,19,20)(H,22,23). The number of carboxylic acids is 1. The van der Waals surface area contributed by atoms with E-state index in [1.807, 2.05) is 6.92 Å². The molecular formula is C17H18N2O4S. The van der Waals surface area contributed by atoms with Gasteiger partial charge in [-0.15, -0.1) is 11.3 Å². The molecule has 0 spiro atoms. The van der Waals surface area contributed by atoms with Gasteiger partial charge in [0.1, 0.15) is 5.00 Å². The summed E-state index contributed by atoms with van der Waals surface area (Å²) in [4.78, 5) is 36.1. The number of rotatable bonds is 5. The summed E-state index contributed by atoms with van der Waals surface area (Å²) in [6, 6.07) is 6.23. The lowest BCUT2D eigenvalue weighted by molar-refractivity contribution is -0.115. The van der Waals surface area contributed by atoms with E-state index in [4.69, 9.17) is 5.11 Å². The SMILES string of the molecule is CCC(=O)Nc1sc(C)cc1C(=O)Nc1cc(C(=O)O)ccc1C. The third-order valence-corrected chi connectivity index (χ3v) is 4.37. The molecule has 0 saturated carbocycles. The van der Waals surface area contributed by atoms with Crippen molar-refractivity contribution in [1.82, 2.24) is 0 Å². The maximum atomic E-state index is 12.5. The molecule has 0 aliphatic rings. The summed E-state index contributed by atoms with van der Waals surface area (Å²) in [7, 11) is 0. The average Bonchev–Trinajstić information content (AvgIpc) is 2.89. The second kappa shape index (κ2) is 7.27. The predicted molar refractivity (Wildman–Crippen MR) is 94.1 cm³/mol. The molecular weight excluding hydrogens is 328 g/mol. The minimum absolute atomic E-state index is 0.0944. The van der Waals surface area contributed by atoms with Crippen LogP contribution < -0.4 is 10.6 Å². The van der Waals surface area contributed by atoms with Crippen LogP contribution >= 0.6 is 11.3 Å². The first kappa shape index (κ1) is 17.7. The Hall–Kier alpha value is -2.67. The number of aryl methyl sites for hydroxylation is 2. The van der Waals surface area contributed by atoms with Gasteiger partial charge in [0.25, 0.3) is 5.91 Å². The smallest absolute Gasteiger partial charge is 0.335 e. The van der Waals surface area contributed by atoms with Crippen molar-refractivity contribution < 1.29 is 19.5 Å². The number of carbonyl (C=O) groups is 3. The van der Waals surface area contributed by atoms with Crippen LogP contribution in [0, 0.1) is 13.8 Å². The second-order valence-corrected chi connectivity index (χ2v) is 6.55. The summed E-state index contributed by atoms with van der Waals surface area (Å²) in [5, 5.41) is 15.0. The van der Waals surface area contributed by atoms with Crippen LogP contribution in [0.5, 0.6) is 0 Å². The Morgan fingerprint density at radius 1 is 1.12 bits per heavy atom. The number of hydrogen-bond acceptors (Lipinski definition) is 4. The molecule has 2 amide bonds. The molecule has 126 valence electrons. The zero-order valence-electron chi connectivity index (χ0n) is 13.6. The highest BCUT2D eigenvalue weighted by atomic mass is 32.1. The lowest BCUT2D eigenvalue weighted by Crippen LogP contribution is -2.16. The zero-order chi connectivity index (χ0) is 17.9. The molecule has 1 heterocycles. The molecule has 0 atom stereocenters. The van der Waals surface area contributed by atoms with E-state index in [-0.39, 0.29) is 11.5 Å². The molecule has 1 aromatic heterocycles. The molecule has 7 heteroatoms. The van der Waals surface area contributed by atoms with E-state index in [9.17, 15) is 14.4 Å². The Morgan fingerprint density at radius 3 is 2.46 bits per heavy atom. The second-order valence-electron chi connectivity index (χ2n) is 5.29. The van der Waals surface area contributed by atoms with Crippen LogP contribution in [-0.4, -0.2) is 22.9 Å². The largest absolute Gasteiger partial charge is 0.478 e. The third kappa shape index (κ3) is 3.99. The Kier molecular flexibility index (Phi) is 5.35. The van der Waals surface area contributed by atoms with E-state index >= 15 is 0 Å². The van der Waals surface area contributed by atoms with Crippen molar-refractivity contribution in [2.45, 2.75) is 27.2 Å². The Labute approximate surface area is 143 Å². The molecule has 0 radical (unpaired) electrons. The summed E-state index contributed by atoms with van der Waals surface area (Å²) in [6.45, 7) is 5.36. The molecule has 6 nitrogen and oxygen atoms in total. The van der Waals surface area contributed by atoms with Crippen molar-refractivity contribution >= 4 is 39.8 Å². The first-order valence-corrected chi connectivity index (χ1v) is 8.19. The maximum absolute atomic E-state index is 12.5. The highest BCUT2D eigenvalue weighted by molar-refractivity contribution is 7.16. The van der Waals surface area contributed by atoms with Gasteiger partial charge >= 0.3 is 5.97 Å². The van der Waals surface area contributed by atoms with Gasteiger partial charge in [-0.05, 0) is 37.6 Å². The first-order valence-electron chi connectivity index (χ1n) is 7.37. The number of carboxylic acid groups (broad SMARTS) is 1. The van der Waals surface area contributed by atoms with Gasteiger partial charge in [0.2, 0.25) is 5.91 Å². The molecule has 2 aromatic rings. The summed E-state index contributed by atoms with van der Waals surface area (Å²) in [5.74, 6) is -1.63. The minimum atomic E-state index is -1.06. The quantitative estimate of drug-likeness (QED) is 0.770. The van der Waals surface area contributed by atoms with Crippen molar-refractivity contribution in [2.75, 3.05) is 10.6 Å². The molecule has 3 N–H and O–H groups in total. The minimum Gasteiger partial charge on any atom is -0.478 e. The number of nitrogens with one attached hydrogen (secondary N) is 2. The Morgan fingerprint density at radius 2 is 1.83 bits per heavy atom. The van der Waals surface area contributed by atoms with Gasteiger partial charge in [0.15, 0.2) is 0 Å². The normalized spacial score (nSPS) is 10.3. The van der Waals surface area contributed by atoms with Crippen LogP contribution in [0.4, 0.5) is 10.7 Å². The van der Waals surface area contributed by atoms with Crippen molar-refractivity contribution in [3.63, 3.8) is 0 Å². The fourth-order valence-electron chi connectivity index (χ4n) is 2.07. The van der Waals surface area contributed by atoms with E-state index in [1.54, 1.807) is 26.0 Å². The van der Waals surface area contributed by atoms with Crippen LogP contribution in [-0.2, 0) is 4.79 Å². The number of hydrogen-bond donors (Lipinski definition) is 3. The molecule has 0 bridgehead atoms. The van der Waals surface area contributed by atoms with Crippen molar-refractivity contribution in [2.24, 2.45) is 0 Å². The van der Waals surface area contributed by atoms with Gasteiger partial charge in [0, 0.05) is 17.0 Å². The molecule has 1 aromatic carbocycles. The number of anilines is 2. The number of benzene rings is 1. The van der Waals surface area contributed by atoms with Crippen LogP contribution in [0.25, 0.3) is 0 Å². The van der Waals surface area contributed by atoms with Crippen LogP contribution in [0.1, 0.15) is 44.5 Å². The van der Waals surface area contributed by atoms with E-state index in [1.165, 1.54) is 23.5 Å². The first-order chi connectivity index (χ1) is 11.3. The number of aromatic carboxylic acids is 1. The monoisotopic (exact) mass is 346 g/mol. The fourth-order valence-corrected chi connectivity index (χ4v) is 3.00. The summed E-state index contributed by atoms with van der Waals surface area (Å²) in [5.41, 5.74) is 1.63. The number of thiophene rings is 1. The molecule has 0 aliphatic heterocycles. The maximum Gasteiger partial charge on any atom is 0.335 e. The van der Waals surface area contributed by atoms with E-state index in [2.05, 4.69) is 10.6 Å². The van der Waals surface area contributed by atoms with Gasteiger partial charge in [-0.1, -0.05) is 13.0 Å². The highest BCUT2D eigenvalue weighted by Crippen LogP contribution is 2.29. The van der Waals surface area contributed by atoms with E-state index in [0.29, 0.717) is 22.7 Å². The van der Waals surface area contributed by atoms with E-state index in [0.717, 1.165) is 10.4 Å². The summed E-state index contributed by atoms with van der Waals surface area (Å²) >= 11 is 1.32. The average molecular weight is 346 g/mol.